The summed E-state index contributed by atoms with van der Waals surface area (Å²) in [6.45, 7) is 6.36. The zero-order chi connectivity index (χ0) is 9.15. The topological polar surface area (TPSA) is 77.8 Å². The SMILES string of the molecule is CB(O)O.CC.CC(=O)O. The minimum atomic E-state index is -1.17. The molecule has 0 saturated carbocycles. The summed E-state index contributed by atoms with van der Waals surface area (Å²) in [7, 11) is -1.17. The Bertz CT molecular complexity index is 57.9. The minimum Gasteiger partial charge on any atom is -0.481 e. The maximum absolute atomic E-state index is 9.00. The largest absolute Gasteiger partial charge is 0.481 e. The molecular formula is C5H15BO4. The lowest BCUT2D eigenvalue weighted by molar-refractivity contribution is -0.134. The lowest BCUT2D eigenvalue weighted by Gasteiger charge is -1.71. The fourth-order valence-corrected chi connectivity index (χ4v) is 0. The molecule has 4 nitrogen and oxygen atoms in total. The Morgan fingerprint density at radius 3 is 1.30 bits per heavy atom. The van der Waals surface area contributed by atoms with E-state index in [2.05, 4.69) is 0 Å². The van der Waals surface area contributed by atoms with Crippen LogP contribution in [0, 0.1) is 0 Å². The molecule has 0 amide bonds. The van der Waals surface area contributed by atoms with Crippen molar-refractivity contribution in [2.75, 3.05) is 0 Å². The van der Waals surface area contributed by atoms with Gasteiger partial charge in [-0.25, -0.2) is 0 Å². The molecule has 3 N–H and O–H groups in total. The zero-order valence-electron chi connectivity index (χ0n) is 6.83. The highest BCUT2D eigenvalue weighted by Crippen LogP contribution is 1.51. The van der Waals surface area contributed by atoms with Crippen molar-refractivity contribution in [3.8, 4) is 0 Å². The van der Waals surface area contributed by atoms with Gasteiger partial charge in [0.2, 0.25) is 0 Å². The van der Waals surface area contributed by atoms with E-state index >= 15 is 0 Å². The van der Waals surface area contributed by atoms with Gasteiger partial charge in [-0.05, 0) is 6.82 Å². The second kappa shape index (κ2) is 15.8. The predicted molar refractivity (Wildman–Crippen MR) is 40.7 cm³/mol. The predicted octanol–water partition coefficient (Wildman–Crippen LogP) is 0.206. The van der Waals surface area contributed by atoms with E-state index in [1.165, 1.54) is 6.82 Å². The van der Waals surface area contributed by atoms with E-state index in [-0.39, 0.29) is 0 Å². The van der Waals surface area contributed by atoms with Crippen molar-refractivity contribution < 1.29 is 19.9 Å². The number of hydrogen-bond acceptors (Lipinski definition) is 3. The van der Waals surface area contributed by atoms with Crippen LogP contribution in [0.3, 0.4) is 0 Å². The summed E-state index contributed by atoms with van der Waals surface area (Å²) in [5.74, 6) is -0.833. The smallest absolute Gasteiger partial charge is 0.448 e. The van der Waals surface area contributed by atoms with Crippen LogP contribution in [0.4, 0.5) is 0 Å². The molecule has 0 spiro atoms. The van der Waals surface area contributed by atoms with Crippen molar-refractivity contribution in [1.29, 1.82) is 0 Å². The number of carboxylic acid groups (broad SMARTS) is 1. The molecule has 0 aromatic carbocycles. The molecule has 0 aliphatic carbocycles. The van der Waals surface area contributed by atoms with Gasteiger partial charge in [-0.1, -0.05) is 13.8 Å². The fraction of sp³-hybridized carbons (Fsp3) is 0.800. The van der Waals surface area contributed by atoms with Crippen molar-refractivity contribution in [1.82, 2.24) is 0 Å². The first-order valence-electron chi connectivity index (χ1n) is 3.02. The molecule has 10 heavy (non-hydrogen) atoms. The maximum Gasteiger partial charge on any atom is 0.448 e. The molecule has 0 radical (unpaired) electrons. The van der Waals surface area contributed by atoms with Crippen molar-refractivity contribution in [3.05, 3.63) is 0 Å². The molecule has 0 aromatic heterocycles. The van der Waals surface area contributed by atoms with Gasteiger partial charge in [-0.2, -0.15) is 0 Å². The molecule has 62 valence electrons. The Labute approximate surface area is 61.6 Å². The number of aliphatic carboxylic acids is 1. The third kappa shape index (κ3) is 1050. The summed E-state index contributed by atoms with van der Waals surface area (Å²) in [6, 6.07) is 0. The Morgan fingerprint density at radius 2 is 1.30 bits per heavy atom. The molecular weight excluding hydrogens is 135 g/mol. The molecule has 0 fully saturated rings. The summed E-state index contributed by atoms with van der Waals surface area (Å²) < 4.78 is 0. The van der Waals surface area contributed by atoms with E-state index in [1.807, 2.05) is 13.8 Å². The Hall–Kier alpha value is -0.545. The van der Waals surface area contributed by atoms with Crippen molar-refractivity contribution >= 4 is 13.1 Å². The van der Waals surface area contributed by atoms with Crippen LogP contribution >= 0.6 is 0 Å². The van der Waals surface area contributed by atoms with E-state index in [4.69, 9.17) is 19.9 Å². The average Bonchev–Trinajstić information content (AvgIpc) is 1.66. The number of hydrogen-bond donors (Lipinski definition) is 3. The molecule has 0 heterocycles. The highest BCUT2D eigenvalue weighted by Gasteiger charge is 1.86. The standard InChI is InChI=1S/C2H4O2.C2H6.CH5BO2/c1-2(3)4;1-2;1-2(3)4/h1H3,(H,3,4);1-2H3;3-4H,1H3. The van der Waals surface area contributed by atoms with Crippen LogP contribution in [0.15, 0.2) is 0 Å². The van der Waals surface area contributed by atoms with Gasteiger partial charge in [0.25, 0.3) is 5.97 Å². The molecule has 0 aliphatic rings. The van der Waals surface area contributed by atoms with E-state index in [0.717, 1.165) is 6.92 Å². The van der Waals surface area contributed by atoms with Gasteiger partial charge in [-0.3, -0.25) is 4.79 Å². The molecule has 0 bridgehead atoms. The third-order valence-corrected chi connectivity index (χ3v) is 0. The Kier molecular flexibility index (Phi) is 25.6. The van der Waals surface area contributed by atoms with Gasteiger partial charge >= 0.3 is 7.12 Å². The second-order valence-corrected chi connectivity index (χ2v) is 1.15. The summed E-state index contributed by atoms with van der Waals surface area (Å²) in [5, 5.41) is 22.6. The summed E-state index contributed by atoms with van der Waals surface area (Å²) in [6.07, 6.45) is 0. The van der Waals surface area contributed by atoms with Crippen LogP contribution in [-0.2, 0) is 4.79 Å². The van der Waals surface area contributed by atoms with Gasteiger partial charge in [0.15, 0.2) is 0 Å². The van der Waals surface area contributed by atoms with Gasteiger partial charge in [0.05, 0.1) is 0 Å². The van der Waals surface area contributed by atoms with Crippen LogP contribution in [0.5, 0.6) is 0 Å². The normalized spacial score (nSPS) is 5.80. The number of carbonyl (C=O) groups is 1. The van der Waals surface area contributed by atoms with Gasteiger partial charge in [0, 0.05) is 6.92 Å². The second-order valence-electron chi connectivity index (χ2n) is 1.15. The summed E-state index contributed by atoms with van der Waals surface area (Å²) >= 11 is 0. The minimum absolute atomic E-state index is 0.833. The lowest BCUT2D eigenvalue weighted by Crippen LogP contribution is -2.00. The quantitative estimate of drug-likeness (QED) is 0.431. The van der Waals surface area contributed by atoms with Crippen LogP contribution < -0.4 is 0 Å². The average molecular weight is 150 g/mol. The first-order valence-corrected chi connectivity index (χ1v) is 3.02. The van der Waals surface area contributed by atoms with Gasteiger partial charge < -0.3 is 15.2 Å². The Balaban J connectivity index is -0.0000000787. The molecule has 0 rings (SSSR count). The van der Waals surface area contributed by atoms with Gasteiger partial charge in [-0.15, -0.1) is 0 Å². The summed E-state index contributed by atoms with van der Waals surface area (Å²) in [4.78, 5) is 9.00. The van der Waals surface area contributed by atoms with Crippen molar-refractivity contribution in [3.63, 3.8) is 0 Å². The number of carboxylic acids is 1. The first kappa shape index (κ1) is 16.2. The van der Waals surface area contributed by atoms with E-state index in [1.54, 1.807) is 0 Å². The van der Waals surface area contributed by atoms with E-state index < -0.39 is 13.1 Å². The van der Waals surface area contributed by atoms with Crippen LogP contribution in [0.25, 0.3) is 0 Å². The maximum atomic E-state index is 9.00. The molecule has 0 unspecified atom stereocenters. The first-order chi connectivity index (χ1) is 4.46. The van der Waals surface area contributed by atoms with Crippen LogP contribution in [0.2, 0.25) is 6.82 Å². The monoisotopic (exact) mass is 150 g/mol. The van der Waals surface area contributed by atoms with Crippen LogP contribution in [-0.4, -0.2) is 28.2 Å². The molecule has 5 heteroatoms. The van der Waals surface area contributed by atoms with E-state index in [0.29, 0.717) is 0 Å². The van der Waals surface area contributed by atoms with Crippen molar-refractivity contribution in [2.45, 2.75) is 27.6 Å². The van der Waals surface area contributed by atoms with Crippen molar-refractivity contribution in [2.24, 2.45) is 0 Å². The third-order valence-electron chi connectivity index (χ3n) is 0. The molecule has 0 atom stereocenters. The van der Waals surface area contributed by atoms with Crippen LogP contribution in [0.1, 0.15) is 20.8 Å². The molecule has 0 saturated heterocycles. The fourth-order valence-electron chi connectivity index (χ4n) is 0. The van der Waals surface area contributed by atoms with Gasteiger partial charge in [0.1, 0.15) is 0 Å². The zero-order valence-corrected chi connectivity index (χ0v) is 6.83. The molecule has 0 aliphatic heterocycles. The molecule has 0 aromatic rings. The Morgan fingerprint density at radius 1 is 1.30 bits per heavy atom. The lowest BCUT2D eigenvalue weighted by atomic mass is 9.99. The summed E-state index contributed by atoms with van der Waals surface area (Å²) in [5.41, 5.74) is 0. The number of rotatable bonds is 0. The highest BCUT2D eigenvalue weighted by atomic mass is 16.4. The van der Waals surface area contributed by atoms with E-state index in [9.17, 15) is 0 Å². The highest BCUT2D eigenvalue weighted by molar-refractivity contribution is 6.38.